The Balaban J connectivity index is 2.06. The van der Waals surface area contributed by atoms with Gasteiger partial charge in [0.1, 0.15) is 28.8 Å². The minimum Gasteiger partial charge on any atom is -0.497 e. The summed E-state index contributed by atoms with van der Waals surface area (Å²) in [6, 6.07) is 4.03. The van der Waals surface area contributed by atoms with Crippen molar-refractivity contribution in [2.24, 2.45) is 0 Å². The van der Waals surface area contributed by atoms with Crippen LogP contribution in [0.2, 0.25) is 0 Å². The lowest BCUT2D eigenvalue weighted by Gasteiger charge is -2.20. The number of aromatic nitrogens is 3. The summed E-state index contributed by atoms with van der Waals surface area (Å²) in [7, 11) is 2.98. The van der Waals surface area contributed by atoms with Gasteiger partial charge in [-0.15, -0.1) is 0 Å². The van der Waals surface area contributed by atoms with Crippen molar-refractivity contribution < 1.29 is 28.3 Å². The second kappa shape index (κ2) is 9.50. The van der Waals surface area contributed by atoms with Gasteiger partial charge in [-0.05, 0) is 32.4 Å². The van der Waals surface area contributed by atoms with E-state index in [1.807, 2.05) is 0 Å². The van der Waals surface area contributed by atoms with E-state index >= 15 is 0 Å². The molecule has 1 atom stereocenters. The van der Waals surface area contributed by atoms with Crippen molar-refractivity contribution in [3.05, 3.63) is 40.1 Å². The van der Waals surface area contributed by atoms with Gasteiger partial charge in [0.05, 0.1) is 26.5 Å². The van der Waals surface area contributed by atoms with Gasteiger partial charge >= 0.3 is 5.97 Å². The highest BCUT2D eigenvalue weighted by Gasteiger charge is 2.28. The third-order valence-corrected chi connectivity index (χ3v) is 4.85. The number of hydrogen-bond acceptors (Lipinski definition) is 9. The van der Waals surface area contributed by atoms with Crippen molar-refractivity contribution in [3.8, 4) is 11.5 Å². The number of aryl methyl sites for hydroxylation is 1. The highest BCUT2D eigenvalue weighted by molar-refractivity contribution is 6.00. The fourth-order valence-corrected chi connectivity index (χ4v) is 3.34. The molecule has 11 nitrogen and oxygen atoms in total. The Labute approximate surface area is 183 Å². The number of carbonyl (C=O) groups is 2. The van der Waals surface area contributed by atoms with Gasteiger partial charge in [0.15, 0.2) is 0 Å². The maximum atomic E-state index is 13.3. The van der Waals surface area contributed by atoms with Crippen LogP contribution in [0.15, 0.2) is 27.5 Å². The molecule has 0 aliphatic heterocycles. The molecule has 0 saturated carbocycles. The van der Waals surface area contributed by atoms with Gasteiger partial charge < -0.3 is 24.1 Å². The zero-order chi connectivity index (χ0) is 23.4. The quantitative estimate of drug-likeness (QED) is 0.520. The van der Waals surface area contributed by atoms with Crippen LogP contribution in [0.5, 0.6) is 11.5 Å². The monoisotopic (exact) mass is 444 g/mol. The average molecular weight is 444 g/mol. The summed E-state index contributed by atoms with van der Waals surface area (Å²) in [6.45, 7) is 5.05. The Kier molecular flexibility index (Phi) is 6.76. The van der Waals surface area contributed by atoms with Gasteiger partial charge in [-0.3, -0.25) is 14.2 Å². The first-order valence-electron chi connectivity index (χ1n) is 9.94. The predicted molar refractivity (Wildman–Crippen MR) is 114 cm³/mol. The summed E-state index contributed by atoms with van der Waals surface area (Å²) in [5.74, 6) is -0.100. The molecule has 1 aromatic carbocycles. The fraction of sp³-hybridized carbons (Fsp3) is 0.381. The number of rotatable bonds is 8. The van der Waals surface area contributed by atoms with E-state index in [1.54, 1.807) is 39.0 Å². The van der Waals surface area contributed by atoms with E-state index in [0.29, 0.717) is 17.2 Å². The second-order valence-corrected chi connectivity index (χ2v) is 6.75. The standard InChI is InChI=1S/C21H24N4O7/c1-6-14(18(26)23-13-10-12(29-4)8-9-15(13)30-5)25-11(3)22-19-16(20(25)27)17(24-32-19)21(28)31-7-2/h8-10,14H,6-7H2,1-5H3,(H,23,26)/t14-/m0/s1. The first-order valence-corrected chi connectivity index (χ1v) is 9.94. The smallest absolute Gasteiger partial charge is 0.361 e. The van der Waals surface area contributed by atoms with Crippen LogP contribution in [0.25, 0.3) is 11.1 Å². The van der Waals surface area contributed by atoms with Gasteiger partial charge in [0.2, 0.25) is 11.6 Å². The summed E-state index contributed by atoms with van der Waals surface area (Å²) in [6.07, 6.45) is 0.270. The average Bonchev–Trinajstić information content (AvgIpc) is 3.20. The van der Waals surface area contributed by atoms with E-state index in [0.717, 1.165) is 0 Å². The first kappa shape index (κ1) is 22.8. The van der Waals surface area contributed by atoms with Crippen LogP contribution < -0.4 is 20.3 Å². The number of fused-ring (bicyclic) bond motifs is 1. The number of benzene rings is 1. The zero-order valence-corrected chi connectivity index (χ0v) is 18.4. The van der Waals surface area contributed by atoms with E-state index in [-0.39, 0.29) is 35.6 Å². The molecule has 0 fully saturated rings. The van der Waals surface area contributed by atoms with Crippen LogP contribution in [-0.2, 0) is 9.53 Å². The molecule has 32 heavy (non-hydrogen) atoms. The molecule has 1 amide bonds. The molecule has 3 rings (SSSR count). The van der Waals surface area contributed by atoms with Crippen molar-refractivity contribution in [3.63, 3.8) is 0 Å². The lowest BCUT2D eigenvalue weighted by molar-refractivity contribution is -0.119. The van der Waals surface area contributed by atoms with Crippen molar-refractivity contribution in [1.29, 1.82) is 0 Å². The molecule has 0 unspecified atom stereocenters. The third-order valence-electron chi connectivity index (χ3n) is 4.85. The van der Waals surface area contributed by atoms with E-state index in [1.165, 1.54) is 18.8 Å². The molecular formula is C21H24N4O7. The van der Waals surface area contributed by atoms with Gasteiger partial charge in [-0.1, -0.05) is 12.1 Å². The Morgan fingerprint density at radius 3 is 2.59 bits per heavy atom. The summed E-state index contributed by atoms with van der Waals surface area (Å²) in [5, 5.41) is 6.28. The second-order valence-electron chi connectivity index (χ2n) is 6.75. The highest BCUT2D eigenvalue weighted by Crippen LogP contribution is 2.30. The number of amides is 1. The maximum Gasteiger partial charge on any atom is 0.361 e. The molecule has 2 aromatic heterocycles. The van der Waals surface area contributed by atoms with E-state index in [2.05, 4.69) is 15.5 Å². The number of carbonyl (C=O) groups excluding carboxylic acids is 2. The van der Waals surface area contributed by atoms with Gasteiger partial charge in [0, 0.05) is 6.07 Å². The van der Waals surface area contributed by atoms with Gasteiger partial charge in [0.25, 0.3) is 11.3 Å². The topological polar surface area (TPSA) is 135 Å². The molecule has 1 N–H and O–H groups in total. The van der Waals surface area contributed by atoms with Crippen molar-refractivity contribution >= 4 is 28.7 Å². The number of anilines is 1. The molecule has 170 valence electrons. The zero-order valence-electron chi connectivity index (χ0n) is 18.4. The predicted octanol–water partition coefficient (Wildman–Crippen LogP) is 2.48. The van der Waals surface area contributed by atoms with E-state index < -0.39 is 23.5 Å². The Morgan fingerprint density at radius 1 is 1.22 bits per heavy atom. The number of ether oxygens (including phenoxy) is 3. The normalized spacial score (nSPS) is 11.8. The number of hydrogen-bond donors (Lipinski definition) is 1. The summed E-state index contributed by atoms with van der Waals surface area (Å²) < 4.78 is 21.7. The minimum atomic E-state index is -0.930. The van der Waals surface area contributed by atoms with Crippen LogP contribution >= 0.6 is 0 Å². The van der Waals surface area contributed by atoms with Gasteiger partial charge in [-0.25, -0.2) is 4.79 Å². The summed E-state index contributed by atoms with van der Waals surface area (Å²) in [4.78, 5) is 42.9. The molecular weight excluding hydrogens is 420 g/mol. The fourth-order valence-electron chi connectivity index (χ4n) is 3.34. The molecule has 0 bridgehead atoms. The minimum absolute atomic E-state index is 0.100. The van der Waals surface area contributed by atoms with Crippen LogP contribution in [0, 0.1) is 6.92 Å². The summed E-state index contributed by atoms with van der Waals surface area (Å²) in [5.41, 5.74) is -0.627. The van der Waals surface area contributed by atoms with E-state index in [9.17, 15) is 14.4 Å². The molecule has 11 heteroatoms. The lowest BCUT2D eigenvalue weighted by Crippen LogP contribution is -2.35. The Hall–Kier alpha value is -3.89. The number of nitrogens with zero attached hydrogens (tertiary/aromatic N) is 3. The maximum absolute atomic E-state index is 13.3. The Morgan fingerprint density at radius 2 is 1.97 bits per heavy atom. The van der Waals surface area contributed by atoms with Gasteiger partial charge in [-0.2, -0.15) is 4.98 Å². The lowest BCUT2D eigenvalue weighted by atomic mass is 10.1. The SMILES string of the molecule is CCOC(=O)c1noc2nc(C)n([C@@H](CC)C(=O)Nc3cc(OC)ccc3OC)c(=O)c12. The first-order chi connectivity index (χ1) is 15.4. The molecule has 2 heterocycles. The van der Waals surface area contributed by atoms with Crippen molar-refractivity contribution in [1.82, 2.24) is 14.7 Å². The molecule has 0 saturated heterocycles. The van der Waals surface area contributed by atoms with Crippen molar-refractivity contribution in [2.45, 2.75) is 33.2 Å². The molecule has 0 spiro atoms. The number of esters is 1. The molecule has 0 radical (unpaired) electrons. The Bertz CT molecular complexity index is 1210. The number of nitrogens with one attached hydrogen (secondary N) is 1. The third kappa shape index (κ3) is 4.13. The van der Waals surface area contributed by atoms with Crippen LogP contribution in [0.1, 0.15) is 42.6 Å². The largest absolute Gasteiger partial charge is 0.497 e. The molecule has 0 aliphatic rings. The highest BCUT2D eigenvalue weighted by atomic mass is 16.5. The van der Waals surface area contributed by atoms with E-state index in [4.69, 9.17) is 18.7 Å². The summed E-state index contributed by atoms with van der Waals surface area (Å²) >= 11 is 0. The molecule has 0 aliphatic carbocycles. The molecule has 3 aromatic rings. The number of methoxy groups -OCH3 is 2. The van der Waals surface area contributed by atoms with Crippen LogP contribution in [-0.4, -0.2) is 47.4 Å². The van der Waals surface area contributed by atoms with Crippen molar-refractivity contribution in [2.75, 3.05) is 26.1 Å². The van der Waals surface area contributed by atoms with Crippen LogP contribution in [0.4, 0.5) is 5.69 Å². The van der Waals surface area contributed by atoms with Crippen LogP contribution in [0.3, 0.4) is 0 Å².